The van der Waals surface area contributed by atoms with E-state index in [-0.39, 0.29) is 23.1 Å². The van der Waals surface area contributed by atoms with Gasteiger partial charge in [-0.25, -0.2) is 0 Å². The number of hydrogen-bond acceptors (Lipinski definition) is 4. The van der Waals surface area contributed by atoms with E-state index in [2.05, 4.69) is 0 Å². The van der Waals surface area contributed by atoms with Gasteiger partial charge >= 0.3 is 0 Å². The molecule has 0 radical (unpaired) electrons. The summed E-state index contributed by atoms with van der Waals surface area (Å²) in [6, 6.07) is 24.0. The Morgan fingerprint density at radius 3 is 1.26 bits per heavy atom. The highest BCUT2D eigenvalue weighted by Crippen LogP contribution is 2.29. The van der Waals surface area contributed by atoms with Crippen molar-refractivity contribution in [1.82, 2.24) is 0 Å². The summed E-state index contributed by atoms with van der Waals surface area (Å²) in [5, 5.41) is 0.462. The van der Waals surface area contributed by atoms with E-state index in [1.54, 1.807) is 78.9 Å². The summed E-state index contributed by atoms with van der Waals surface area (Å²) in [6.07, 6.45) is 0. The molecule has 0 bridgehead atoms. The number of fused-ring (bicyclic) bond motifs is 4. The normalized spacial score (nSPS) is 13.2. The van der Waals surface area contributed by atoms with Crippen LogP contribution < -0.4 is 0 Å². The number of benzene rings is 4. The predicted molar refractivity (Wildman–Crippen MR) is 129 cm³/mol. The molecule has 0 amide bonds. The van der Waals surface area contributed by atoms with Crippen LogP contribution in [0.1, 0.15) is 69.2 Å². The molecular formula is C29H17ClO4. The minimum Gasteiger partial charge on any atom is -0.289 e. The Bertz CT molecular complexity index is 1430. The molecule has 164 valence electrons. The van der Waals surface area contributed by atoms with Crippen molar-refractivity contribution in [3.8, 4) is 0 Å². The second-order valence-electron chi connectivity index (χ2n) is 8.15. The standard InChI is InChI=1S/C15H10O2.C14H7ClO2/c1-9-6-7-12-13(8-9)15(17)11-5-3-2-4-10(11)14(12)16;15-8-5-6-11-12(7-8)14(17)10-4-2-1-3-9(10)13(11)16/h2-8H,1H3;1-7H. The summed E-state index contributed by atoms with van der Waals surface area (Å²) in [7, 11) is 0. The second-order valence-corrected chi connectivity index (χ2v) is 8.58. The first-order valence-electron chi connectivity index (χ1n) is 10.6. The van der Waals surface area contributed by atoms with Crippen LogP contribution in [-0.2, 0) is 0 Å². The molecular weight excluding hydrogens is 448 g/mol. The smallest absolute Gasteiger partial charge is 0.194 e. The molecule has 0 spiro atoms. The van der Waals surface area contributed by atoms with Crippen LogP contribution in [0.3, 0.4) is 0 Å². The highest BCUT2D eigenvalue weighted by atomic mass is 35.5. The molecule has 0 aromatic heterocycles. The van der Waals surface area contributed by atoms with Gasteiger partial charge in [0.2, 0.25) is 0 Å². The van der Waals surface area contributed by atoms with Gasteiger partial charge in [0.05, 0.1) is 0 Å². The van der Waals surface area contributed by atoms with Crippen molar-refractivity contribution >= 4 is 34.7 Å². The molecule has 0 fully saturated rings. The molecule has 0 saturated carbocycles. The summed E-state index contributed by atoms with van der Waals surface area (Å²) in [5.41, 5.74) is 4.78. The lowest BCUT2D eigenvalue weighted by atomic mass is 9.83. The van der Waals surface area contributed by atoms with Gasteiger partial charge in [-0.2, -0.15) is 0 Å². The number of halogens is 1. The third-order valence-electron chi connectivity index (χ3n) is 5.97. The molecule has 4 aromatic rings. The number of hydrogen-bond donors (Lipinski definition) is 0. The molecule has 0 N–H and O–H groups in total. The maximum absolute atomic E-state index is 12.3. The van der Waals surface area contributed by atoms with Crippen molar-refractivity contribution < 1.29 is 19.2 Å². The first-order chi connectivity index (χ1) is 16.4. The van der Waals surface area contributed by atoms with Crippen molar-refractivity contribution in [3.63, 3.8) is 0 Å². The van der Waals surface area contributed by atoms with Crippen LogP contribution in [0.25, 0.3) is 0 Å². The van der Waals surface area contributed by atoms with Crippen LogP contribution in [0, 0.1) is 6.92 Å². The Morgan fingerprint density at radius 1 is 0.441 bits per heavy atom. The van der Waals surface area contributed by atoms with Crippen molar-refractivity contribution in [1.29, 1.82) is 0 Å². The van der Waals surface area contributed by atoms with E-state index >= 15 is 0 Å². The molecule has 4 aromatic carbocycles. The van der Waals surface area contributed by atoms with Gasteiger partial charge in [0.15, 0.2) is 23.1 Å². The molecule has 2 aliphatic carbocycles. The molecule has 0 atom stereocenters. The molecule has 6 rings (SSSR count). The summed E-state index contributed by atoms with van der Waals surface area (Å²) >= 11 is 5.85. The van der Waals surface area contributed by atoms with Crippen molar-refractivity contribution in [2.75, 3.05) is 0 Å². The maximum atomic E-state index is 12.3. The highest BCUT2D eigenvalue weighted by molar-refractivity contribution is 6.33. The van der Waals surface area contributed by atoms with E-state index < -0.39 is 0 Å². The van der Waals surface area contributed by atoms with Gasteiger partial charge < -0.3 is 0 Å². The Labute approximate surface area is 200 Å². The van der Waals surface area contributed by atoms with Crippen LogP contribution in [0.5, 0.6) is 0 Å². The van der Waals surface area contributed by atoms with Crippen LogP contribution in [0.4, 0.5) is 0 Å². The zero-order valence-corrected chi connectivity index (χ0v) is 18.8. The lowest BCUT2D eigenvalue weighted by Crippen LogP contribution is -2.20. The fourth-order valence-corrected chi connectivity index (χ4v) is 4.46. The van der Waals surface area contributed by atoms with Crippen LogP contribution >= 0.6 is 11.6 Å². The summed E-state index contributed by atoms with van der Waals surface area (Å²) in [4.78, 5) is 48.8. The average molecular weight is 465 g/mol. The second kappa shape index (κ2) is 8.32. The zero-order valence-electron chi connectivity index (χ0n) is 18.1. The molecule has 34 heavy (non-hydrogen) atoms. The number of carbonyl (C=O) groups is 4. The average Bonchev–Trinajstić information content (AvgIpc) is 2.86. The largest absolute Gasteiger partial charge is 0.289 e. The number of carbonyl (C=O) groups excluding carboxylic acids is 4. The number of aryl methyl sites for hydroxylation is 1. The molecule has 0 heterocycles. The Hall–Kier alpha value is -4.15. The van der Waals surface area contributed by atoms with Crippen molar-refractivity contribution in [2.24, 2.45) is 0 Å². The summed E-state index contributed by atoms with van der Waals surface area (Å²) in [5.74, 6) is -0.376. The quantitative estimate of drug-likeness (QED) is 0.281. The maximum Gasteiger partial charge on any atom is 0.194 e. The fourth-order valence-electron chi connectivity index (χ4n) is 4.28. The topological polar surface area (TPSA) is 68.3 Å². The van der Waals surface area contributed by atoms with Gasteiger partial charge in [0.25, 0.3) is 0 Å². The molecule has 0 unspecified atom stereocenters. The Balaban J connectivity index is 0.000000142. The fraction of sp³-hybridized carbons (Fsp3) is 0.0345. The minimum absolute atomic E-state index is 0.0566. The summed E-state index contributed by atoms with van der Waals surface area (Å²) < 4.78 is 0. The zero-order chi connectivity index (χ0) is 24.0. The number of rotatable bonds is 0. The third-order valence-corrected chi connectivity index (χ3v) is 6.20. The summed E-state index contributed by atoms with van der Waals surface area (Å²) in [6.45, 7) is 1.92. The van der Waals surface area contributed by atoms with Crippen LogP contribution in [-0.4, -0.2) is 23.1 Å². The minimum atomic E-state index is -0.141. The SMILES string of the molecule is Cc1ccc2c(c1)C(=O)c1ccccc1C2=O.O=C1c2ccccc2C(=O)c2cc(Cl)ccc21. The van der Waals surface area contributed by atoms with E-state index in [1.165, 1.54) is 0 Å². The van der Waals surface area contributed by atoms with E-state index in [1.807, 2.05) is 13.0 Å². The molecule has 0 saturated heterocycles. The van der Waals surface area contributed by atoms with Gasteiger partial charge in [-0.3, -0.25) is 19.2 Å². The van der Waals surface area contributed by atoms with Crippen LogP contribution in [0.15, 0.2) is 84.9 Å². The van der Waals surface area contributed by atoms with Crippen molar-refractivity contribution in [3.05, 3.63) is 140 Å². The van der Waals surface area contributed by atoms with Crippen LogP contribution in [0.2, 0.25) is 5.02 Å². The highest BCUT2D eigenvalue weighted by Gasteiger charge is 2.30. The Kier molecular flexibility index (Phi) is 5.31. The first kappa shape index (κ1) is 21.7. The van der Waals surface area contributed by atoms with E-state index in [0.717, 1.165) is 5.56 Å². The Morgan fingerprint density at radius 2 is 0.794 bits per heavy atom. The van der Waals surface area contributed by atoms with Gasteiger partial charge in [0, 0.05) is 49.5 Å². The molecule has 4 nitrogen and oxygen atoms in total. The van der Waals surface area contributed by atoms with Gasteiger partial charge in [-0.15, -0.1) is 0 Å². The lowest BCUT2D eigenvalue weighted by molar-refractivity contribution is 0.0979. The van der Waals surface area contributed by atoms with Gasteiger partial charge in [-0.1, -0.05) is 77.8 Å². The molecule has 0 aliphatic heterocycles. The third kappa shape index (κ3) is 3.49. The van der Waals surface area contributed by atoms with E-state index in [9.17, 15) is 19.2 Å². The predicted octanol–water partition coefficient (Wildman–Crippen LogP) is 5.89. The lowest BCUT2D eigenvalue weighted by Gasteiger charge is -2.17. The van der Waals surface area contributed by atoms with Crippen molar-refractivity contribution in [2.45, 2.75) is 6.92 Å². The molecule has 2 aliphatic rings. The van der Waals surface area contributed by atoms with Gasteiger partial charge in [-0.05, 0) is 31.2 Å². The first-order valence-corrected chi connectivity index (χ1v) is 11.0. The van der Waals surface area contributed by atoms with E-state index in [4.69, 9.17) is 11.6 Å². The van der Waals surface area contributed by atoms with E-state index in [0.29, 0.717) is 49.5 Å². The number of ketones is 4. The molecule has 5 heteroatoms. The monoisotopic (exact) mass is 464 g/mol. The van der Waals surface area contributed by atoms with Gasteiger partial charge in [0.1, 0.15) is 0 Å².